The molecule has 8 heteroatoms. The molecule has 31 heavy (non-hydrogen) atoms. The van der Waals surface area contributed by atoms with E-state index in [1.165, 1.54) is 0 Å². The zero-order valence-corrected chi connectivity index (χ0v) is 18.5. The summed E-state index contributed by atoms with van der Waals surface area (Å²) in [5.74, 6) is -0.238. The molecule has 0 spiro atoms. The number of para-hydroxylation sites is 1. The number of likely N-dealkylation sites (tertiary alicyclic amines) is 1. The van der Waals surface area contributed by atoms with E-state index in [4.69, 9.17) is 10.00 Å². The lowest BCUT2D eigenvalue weighted by molar-refractivity contribution is -0.133. The molecule has 0 radical (unpaired) electrons. The molecule has 1 heterocycles. The number of anilines is 1. The number of benzene rings is 1. The lowest BCUT2D eigenvalue weighted by Crippen LogP contribution is -2.50. The normalized spacial score (nSPS) is 16.7. The summed E-state index contributed by atoms with van der Waals surface area (Å²) in [7, 11) is 0. The molecule has 166 valence electrons. The molecule has 8 nitrogen and oxygen atoms in total. The minimum Gasteiger partial charge on any atom is -0.444 e. The van der Waals surface area contributed by atoms with Crippen molar-refractivity contribution < 1.29 is 14.3 Å². The number of ether oxygens (including phenoxy) is 1. The van der Waals surface area contributed by atoms with Crippen molar-refractivity contribution in [2.45, 2.75) is 70.6 Å². The Hall–Kier alpha value is -3.26. The van der Waals surface area contributed by atoms with E-state index in [-0.39, 0.29) is 5.91 Å². The number of hydrogen-bond donors (Lipinski definition) is 2. The van der Waals surface area contributed by atoms with Crippen LogP contribution in [0.25, 0.3) is 0 Å². The standard InChI is InChI=1S/C23H31N5O3/c1-23(2,3)31-22(30)27-20(21(29)28-14-8-10-18(28)16-25)12-6-7-13-26-19-11-5-4-9-17(19)15-24/h4-5,9,11,18,20,26H,6-8,10,12-14H2,1-3H3,(H,27,30)/t18-,20-/m0/s1. The fourth-order valence-corrected chi connectivity index (χ4v) is 3.50. The Morgan fingerprint density at radius 1 is 1.26 bits per heavy atom. The van der Waals surface area contributed by atoms with Crippen LogP contribution in [0.2, 0.25) is 0 Å². The summed E-state index contributed by atoms with van der Waals surface area (Å²) in [5, 5.41) is 24.4. The number of carbonyl (C=O) groups is 2. The maximum absolute atomic E-state index is 13.0. The smallest absolute Gasteiger partial charge is 0.408 e. The average molecular weight is 426 g/mol. The second kappa shape index (κ2) is 11.2. The van der Waals surface area contributed by atoms with Crippen molar-refractivity contribution >= 4 is 17.7 Å². The Morgan fingerprint density at radius 2 is 2.00 bits per heavy atom. The molecule has 1 saturated heterocycles. The molecule has 0 aromatic heterocycles. The molecule has 1 aliphatic rings. The van der Waals surface area contributed by atoms with Gasteiger partial charge in [0.05, 0.1) is 17.3 Å². The van der Waals surface area contributed by atoms with E-state index in [9.17, 15) is 14.9 Å². The number of alkyl carbamates (subject to hydrolysis) is 1. The Bertz CT molecular complexity index is 850. The SMILES string of the molecule is CC(C)(C)OC(=O)N[C@@H](CCCCNc1ccccc1C#N)C(=O)N1CCC[C@H]1C#N. The molecule has 1 aromatic carbocycles. The van der Waals surface area contributed by atoms with Gasteiger partial charge in [-0.25, -0.2) is 4.79 Å². The van der Waals surface area contributed by atoms with E-state index in [1.807, 2.05) is 18.2 Å². The predicted molar refractivity (Wildman–Crippen MR) is 117 cm³/mol. The molecule has 1 aliphatic heterocycles. The van der Waals surface area contributed by atoms with Gasteiger partial charge in [0.25, 0.3) is 0 Å². The van der Waals surface area contributed by atoms with Crippen LogP contribution in [0.5, 0.6) is 0 Å². The third-order valence-corrected chi connectivity index (χ3v) is 4.96. The second-order valence-electron chi connectivity index (χ2n) is 8.60. The summed E-state index contributed by atoms with van der Waals surface area (Å²) < 4.78 is 5.32. The maximum Gasteiger partial charge on any atom is 0.408 e. The van der Waals surface area contributed by atoms with Gasteiger partial charge in [-0.15, -0.1) is 0 Å². The largest absolute Gasteiger partial charge is 0.444 e. The van der Waals surface area contributed by atoms with Gasteiger partial charge in [-0.1, -0.05) is 12.1 Å². The Kier molecular flexibility index (Phi) is 8.69. The summed E-state index contributed by atoms with van der Waals surface area (Å²) in [6.07, 6.45) is 2.67. The van der Waals surface area contributed by atoms with Gasteiger partial charge in [0.1, 0.15) is 23.8 Å². The van der Waals surface area contributed by atoms with Gasteiger partial charge in [0.15, 0.2) is 0 Å². The van der Waals surface area contributed by atoms with Crippen molar-refractivity contribution in [3.8, 4) is 12.1 Å². The Labute approximate surface area is 184 Å². The minimum absolute atomic E-state index is 0.238. The van der Waals surface area contributed by atoms with Crippen molar-refractivity contribution in [3.05, 3.63) is 29.8 Å². The minimum atomic E-state index is -0.741. The molecule has 1 fully saturated rings. The first-order valence-electron chi connectivity index (χ1n) is 10.7. The number of unbranched alkanes of at least 4 members (excludes halogenated alkanes) is 1. The number of amides is 2. The number of nitrogens with zero attached hydrogens (tertiary/aromatic N) is 3. The molecule has 0 bridgehead atoms. The Morgan fingerprint density at radius 3 is 2.68 bits per heavy atom. The zero-order chi connectivity index (χ0) is 22.9. The van der Waals surface area contributed by atoms with Crippen LogP contribution in [-0.2, 0) is 9.53 Å². The number of nitrogens with one attached hydrogen (secondary N) is 2. The highest BCUT2D eigenvalue weighted by molar-refractivity contribution is 5.86. The highest BCUT2D eigenvalue weighted by Crippen LogP contribution is 2.20. The molecule has 2 N–H and O–H groups in total. The van der Waals surface area contributed by atoms with Gasteiger partial charge in [0, 0.05) is 13.1 Å². The Balaban J connectivity index is 1.93. The van der Waals surface area contributed by atoms with E-state index >= 15 is 0 Å². The fraction of sp³-hybridized carbons (Fsp3) is 0.565. The monoisotopic (exact) mass is 425 g/mol. The molecule has 2 atom stereocenters. The second-order valence-corrected chi connectivity index (χ2v) is 8.60. The molecule has 0 saturated carbocycles. The highest BCUT2D eigenvalue weighted by atomic mass is 16.6. The van der Waals surface area contributed by atoms with E-state index in [0.29, 0.717) is 37.9 Å². The van der Waals surface area contributed by atoms with Crippen LogP contribution in [-0.4, -0.2) is 47.7 Å². The van der Waals surface area contributed by atoms with Crippen LogP contribution >= 0.6 is 0 Å². The first-order chi connectivity index (χ1) is 14.7. The van der Waals surface area contributed by atoms with E-state index < -0.39 is 23.8 Å². The first kappa shape index (κ1) is 24.0. The predicted octanol–water partition coefficient (Wildman–Crippen LogP) is 3.55. The first-order valence-corrected chi connectivity index (χ1v) is 10.7. The summed E-state index contributed by atoms with van der Waals surface area (Å²) in [5.41, 5.74) is 0.690. The summed E-state index contributed by atoms with van der Waals surface area (Å²) >= 11 is 0. The molecule has 0 aliphatic carbocycles. The lowest BCUT2D eigenvalue weighted by atomic mass is 10.1. The third-order valence-electron chi connectivity index (χ3n) is 4.96. The van der Waals surface area contributed by atoms with Crippen LogP contribution in [0.4, 0.5) is 10.5 Å². The van der Waals surface area contributed by atoms with E-state index in [2.05, 4.69) is 22.8 Å². The zero-order valence-electron chi connectivity index (χ0n) is 18.5. The molecular weight excluding hydrogens is 394 g/mol. The summed E-state index contributed by atoms with van der Waals surface area (Å²) in [4.78, 5) is 26.9. The van der Waals surface area contributed by atoms with Crippen molar-refractivity contribution in [1.82, 2.24) is 10.2 Å². The average Bonchev–Trinajstić information content (AvgIpc) is 3.20. The van der Waals surface area contributed by atoms with Crippen LogP contribution in [0.15, 0.2) is 24.3 Å². The van der Waals surface area contributed by atoms with Gasteiger partial charge in [0.2, 0.25) is 5.91 Å². The van der Waals surface area contributed by atoms with Gasteiger partial charge in [-0.05, 0) is 65.0 Å². The molecule has 1 aromatic rings. The highest BCUT2D eigenvalue weighted by Gasteiger charge is 2.34. The number of carbonyl (C=O) groups excluding carboxylic acids is 2. The van der Waals surface area contributed by atoms with E-state index in [0.717, 1.165) is 18.5 Å². The van der Waals surface area contributed by atoms with Crippen LogP contribution in [0.3, 0.4) is 0 Å². The quantitative estimate of drug-likeness (QED) is 0.615. The topological polar surface area (TPSA) is 118 Å². The van der Waals surface area contributed by atoms with E-state index in [1.54, 1.807) is 31.7 Å². The number of nitriles is 2. The van der Waals surface area contributed by atoms with Crippen LogP contribution < -0.4 is 10.6 Å². The third kappa shape index (κ3) is 7.49. The van der Waals surface area contributed by atoms with Gasteiger partial charge < -0.3 is 20.3 Å². The van der Waals surface area contributed by atoms with Crippen molar-refractivity contribution in [2.24, 2.45) is 0 Å². The van der Waals surface area contributed by atoms with Crippen molar-refractivity contribution in [3.63, 3.8) is 0 Å². The summed E-state index contributed by atoms with van der Waals surface area (Å²) in [6, 6.07) is 10.4. The molecular formula is C23H31N5O3. The molecule has 2 rings (SSSR count). The van der Waals surface area contributed by atoms with Gasteiger partial charge >= 0.3 is 6.09 Å². The molecule has 2 amide bonds. The van der Waals surface area contributed by atoms with Crippen LogP contribution in [0, 0.1) is 22.7 Å². The summed E-state index contributed by atoms with van der Waals surface area (Å²) in [6.45, 7) is 6.45. The van der Waals surface area contributed by atoms with Gasteiger partial charge in [-0.3, -0.25) is 4.79 Å². The van der Waals surface area contributed by atoms with Crippen molar-refractivity contribution in [1.29, 1.82) is 10.5 Å². The fourth-order valence-electron chi connectivity index (χ4n) is 3.50. The van der Waals surface area contributed by atoms with Crippen molar-refractivity contribution in [2.75, 3.05) is 18.4 Å². The van der Waals surface area contributed by atoms with Crippen LogP contribution in [0.1, 0.15) is 58.4 Å². The maximum atomic E-state index is 13.0. The molecule has 0 unspecified atom stereocenters. The number of rotatable bonds is 8. The van der Waals surface area contributed by atoms with Gasteiger partial charge in [-0.2, -0.15) is 10.5 Å². The number of hydrogen-bond acceptors (Lipinski definition) is 6. The lowest BCUT2D eigenvalue weighted by Gasteiger charge is -2.27.